The van der Waals surface area contributed by atoms with Gasteiger partial charge in [0.1, 0.15) is 0 Å². The first kappa shape index (κ1) is 15.8. The number of fused-ring (bicyclic) bond motifs is 1. The van der Waals surface area contributed by atoms with Crippen molar-refractivity contribution in [2.24, 2.45) is 11.3 Å². The van der Waals surface area contributed by atoms with Gasteiger partial charge in [-0.25, -0.2) is 0 Å². The highest BCUT2D eigenvalue weighted by Crippen LogP contribution is 2.42. The standard InChI is InChI=1S/C18H34N2O/c1-4-19-17-14(9-10-18(17,2)3)13-20-11-12-21-16-8-6-5-7-15(16)20/h14-17,19H,4-13H2,1-3H3. The van der Waals surface area contributed by atoms with Gasteiger partial charge in [0.15, 0.2) is 0 Å². The minimum atomic E-state index is 0.457. The Kier molecular flexibility index (Phi) is 4.92. The van der Waals surface area contributed by atoms with E-state index >= 15 is 0 Å². The second-order valence-corrected chi connectivity index (χ2v) is 8.08. The molecule has 3 heteroatoms. The molecule has 3 rings (SSSR count). The molecule has 0 aromatic heterocycles. The molecule has 1 saturated heterocycles. The van der Waals surface area contributed by atoms with Gasteiger partial charge in [-0.1, -0.05) is 33.6 Å². The van der Waals surface area contributed by atoms with E-state index in [4.69, 9.17) is 4.74 Å². The van der Waals surface area contributed by atoms with Gasteiger partial charge in [0.25, 0.3) is 0 Å². The summed E-state index contributed by atoms with van der Waals surface area (Å²) in [7, 11) is 0. The van der Waals surface area contributed by atoms with Gasteiger partial charge in [-0.3, -0.25) is 4.90 Å². The summed E-state index contributed by atoms with van der Waals surface area (Å²) in [6, 6.07) is 1.39. The molecule has 1 aliphatic heterocycles. The second kappa shape index (κ2) is 6.55. The molecular weight excluding hydrogens is 260 g/mol. The van der Waals surface area contributed by atoms with Gasteiger partial charge < -0.3 is 10.1 Å². The zero-order valence-electron chi connectivity index (χ0n) is 14.2. The van der Waals surface area contributed by atoms with Crippen LogP contribution < -0.4 is 5.32 Å². The fraction of sp³-hybridized carbons (Fsp3) is 1.00. The van der Waals surface area contributed by atoms with Crippen LogP contribution >= 0.6 is 0 Å². The molecular formula is C18H34N2O. The van der Waals surface area contributed by atoms with E-state index in [9.17, 15) is 0 Å². The number of rotatable bonds is 4. The summed E-state index contributed by atoms with van der Waals surface area (Å²) in [5, 5.41) is 3.79. The molecule has 3 fully saturated rings. The molecule has 3 aliphatic rings. The van der Waals surface area contributed by atoms with Gasteiger partial charge in [0.05, 0.1) is 12.7 Å². The lowest BCUT2D eigenvalue weighted by Gasteiger charge is -2.45. The van der Waals surface area contributed by atoms with Crippen molar-refractivity contribution in [1.82, 2.24) is 10.2 Å². The first-order valence-electron chi connectivity index (χ1n) is 9.21. The van der Waals surface area contributed by atoms with E-state index in [1.165, 1.54) is 45.1 Å². The monoisotopic (exact) mass is 294 g/mol. The van der Waals surface area contributed by atoms with E-state index in [0.717, 1.165) is 25.6 Å². The molecule has 1 N–H and O–H groups in total. The molecule has 122 valence electrons. The maximum absolute atomic E-state index is 6.03. The summed E-state index contributed by atoms with van der Waals surface area (Å²) in [5.41, 5.74) is 0.457. The van der Waals surface area contributed by atoms with Crippen molar-refractivity contribution in [1.29, 1.82) is 0 Å². The van der Waals surface area contributed by atoms with Crippen LogP contribution in [0.4, 0.5) is 0 Å². The minimum Gasteiger partial charge on any atom is -0.375 e. The third-order valence-corrected chi connectivity index (χ3v) is 6.21. The van der Waals surface area contributed by atoms with E-state index in [0.29, 0.717) is 23.6 Å². The predicted octanol–water partition coefficient (Wildman–Crippen LogP) is 3.04. The number of nitrogens with one attached hydrogen (secondary N) is 1. The van der Waals surface area contributed by atoms with Crippen molar-refractivity contribution in [2.75, 3.05) is 26.2 Å². The van der Waals surface area contributed by atoms with Gasteiger partial charge in [-0.05, 0) is 43.6 Å². The van der Waals surface area contributed by atoms with Crippen molar-refractivity contribution >= 4 is 0 Å². The van der Waals surface area contributed by atoms with E-state index in [1.807, 2.05) is 0 Å². The molecule has 1 heterocycles. The number of morpholine rings is 1. The zero-order chi connectivity index (χ0) is 14.9. The van der Waals surface area contributed by atoms with E-state index in [1.54, 1.807) is 0 Å². The summed E-state index contributed by atoms with van der Waals surface area (Å²) in [6.07, 6.45) is 8.69. The van der Waals surface area contributed by atoms with Crippen LogP contribution in [-0.2, 0) is 4.74 Å². The van der Waals surface area contributed by atoms with Gasteiger partial charge in [-0.15, -0.1) is 0 Å². The van der Waals surface area contributed by atoms with Crippen LogP contribution in [0.25, 0.3) is 0 Å². The summed E-state index contributed by atoms with van der Waals surface area (Å²) >= 11 is 0. The Morgan fingerprint density at radius 2 is 2.00 bits per heavy atom. The summed E-state index contributed by atoms with van der Waals surface area (Å²) in [4.78, 5) is 2.78. The van der Waals surface area contributed by atoms with Crippen molar-refractivity contribution in [2.45, 2.75) is 77.5 Å². The molecule has 0 aromatic rings. The maximum atomic E-state index is 6.03. The van der Waals surface area contributed by atoms with Crippen LogP contribution in [0, 0.1) is 11.3 Å². The van der Waals surface area contributed by atoms with E-state index in [-0.39, 0.29) is 0 Å². The molecule has 3 nitrogen and oxygen atoms in total. The van der Waals surface area contributed by atoms with Gasteiger partial charge in [0.2, 0.25) is 0 Å². The molecule has 21 heavy (non-hydrogen) atoms. The van der Waals surface area contributed by atoms with Crippen molar-refractivity contribution in [3.63, 3.8) is 0 Å². The fourth-order valence-corrected chi connectivity index (χ4v) is 5.08. The number of hydrogen-bond donors (Lipinski definition) is 1. The summed E-state index contributed by atoms with van der Waals surface area (Å²) in [5.74, 6) is 0.820. The first-order valence-corrected chi connectivity index (χ1v) is 9.21. The lowest BCUT2D eigenvalue weighted by Crippen LogP contribution is -2.55. The molecule has 0 amide bonds. The molecule has 2 saturated carbocycles. The Labute approximate surface area is 130 Å². The Morgan fingerprint density at radius 1 is 1.19 bits per heavy atom. The van der Waals surface area contributed by atoms with Crippen LogP contribution in [-0.4, -0.2) is 49.3 Å². The third kappa shape index (κ3) is 3.30. The van der Waals surface area contributed by atoms with Crippen LogP contribution in [0.5, 0.6) is 0 Å². The molecule has 0 radical (unpaired) electrons. The van der Waals surface area contributed by atoms with Crippen LogP contribution in [0.2, 0.25) is 0 Å². The van der Waals surface area contributed by atoms with E-state index in [2.05, 4.69) is 31.0 Å². The average Bonchev–Trinajstić information content (AvgIpc) is 2.76. The SMILES string of the molecule is CCNC1C(CN2CCOC3CCCCC32)CCC1(C)C. The highest BCUT2D eigenvalue weighted by Gasteiger charge is 2.43. The normalized spacial score (nSPS) is 40.1. The molecule has 0 aromatic carbocycles. The molecule has 4 atom stereocenters. The van der Waals surface area contributed by atoms with Gasteiger partial charge >= 0.3 is 0 Å². The first-order chi connectivity index (χ1) is 10.1. The molecule has 2 aliphatic carbocycles. The van der Waals surface area contributed by atoms with Crippen LogP contribution in [0.3, 0.4) is 0 Å². The number of nitrogens with zero attached hydrogens (tertiary/aromatic N) is 1. The fourth-order valence-electron chi connectivity index (χ4n) is 5.08. The Morgan fingerprint density at radius 3 is 2.81 bits per heavy atom. The summed E-state index contributed by atoms with van der Waals surface area (Å²) in [6.45, 7) is 11.6. The Balaban J connectivity index is 1.64. The summed E-state index contributed by atoms with van der Waals surface area (Å²) < 4.78 is 6.03. The highest BCUT2D eigenvalue weighted by atomic mass is 16.5. The van der Waals surface area contributed by atoms with Crippen LogP contribution in [0.15, 0.2) is 0 Å². The molecule has 0 bridgehead atoms. The minimum absolute atomic E-state index is 0.457. The van der Waals surface area contributed by atoms with E-state index < -0.39 is 0 Å². The lowest BCUT2D eigenvalue weighted by atomic mass is 9.84. The maximum Gasteiger partial charge on any atom is 0.0730 e. The molecule has 0 spiro atoms. The lowest BCUT2D eigenvalue weighted by molar-refractivity contribution is -0.0929. The highest BCUT2D eigenvalue weighted by molar-refractivity contribution is 4.98. The second-order valence-electron chi connectivity index (χ2n) is 8.08. The van der Waals surface area contributed by atoms with Crippen molar-refractivity contribution < 1.29 is 4.74 Å². The Bertz CT molecular complexity index is 342. The van der Waals surface area contributed by atoms with Crippen LogP contribution in [0.1, 0.15) is 59.3 Å². The number of hydrogen-bond acceptors (Lipinski definition) is 3. The zero-order valence-corrected chi connectivity index (χ0v) is 14.2. The predicted molar refractivity (Wildman–Crippen MR) is 87.5 cm³/mol. The largest absolute Gasteiger partial charge is 0.375 e. The number of ether oxygens (including phenoxy) is 1. The molecule has 4 unspecified atom stereocenters. The quantitative estimate of drug-likeness (QED) is 0.862. The van der Waals surface area contributed by atoms with Gasteiger partial charge in [0, 0.05) is 25.2 Å². The van der Waals surface area contributed by atoms with Gasteiger partial charge in [-0.2, -0.15) is 0 Å². The average molecular weight is 294 g/mol. The van der Waals surface area contributed by atoms with Crippen molar-refractivity contribution in [3.05, 3.63) is 0 Å². The third-order valence-electron chi connectivity index (χ3n) is 6.21. The topological polar surface area (TPSA) is 24.5 Å². The smallest absolute Gasteiger partial charge is 0.0730 e. The Hall–Kier alpha value is -0.120. The van der Waals surface area contributed by atoms with Crippen molar-refractivity contribution in [3.8, 4) is 0 Å².